The van der Waals surface area contributed by atoms with Gasteiger partial charge in [-0.15, -0.1) is 0 Å². The van der Waals surface area contributed by atoms with Gasteiger partial charge in [0.25, 0.3) is 11.7 Å². The third kappa shape index (κ3) is 4.39. The van der Waals surface area contributed by atoms with Crippen LogP contribution in [0.4, 0.5) is 0 Å². The highest BCUT2D eigenvalue weighted by Gasteiger charge is 2.46. The summed E-state index contributed by atoms with van der Waals surface area (Å²) < 4.78 is 5.38. The van der Waals surface area contributed by atoms with Crippen molar-refractivity contribution in [1.82, 2.24) is 24.8 Å². The lowest BCUT2D eigenvalue weighted by Crippen LogP contribution is -2.38. The van der Waals surface area contributed by atoms with Gasteiger partial charge in [0.05, 0.1) is 36.1 Å². The maximum absolute atomic E-state index is 13.1. The molecule has 1 unspecified atom stereocenters. The molecule has 2 aromatic rings. The number of hydrogen-bond acceptors (Lipinski definition) is 8. The number of carbonyl (C=O) groups excluding carboxylic acids is 2. The van der Waals surface area contributed by atoms with Gasteiger partial charge < -0.3 is 14.7 Å². The number of Topliss-reactive ketones (excluding diaryl/α,β-unsaturated/α-hetero) is 1. The molecular weight excluding hydrogens is 410 g/mol. The summed E-state index contributed by atoms with van der Waals surface area (Å²) in [5.74, 6) is -0.997. The van der Waals surface area contributed by atoms with Crippen molar-refractivity contribution in [2.45, 2.75) is 26.3 Å². The topological polar surface area (TPSA) is 109 Å². The minimum Gasteiger partial charge on any atom is -0.507 e. The molecule has 9 nitrogen and oxygen atoms in total. The van der Waals surface area contributed by atoms with Gasteiger partial charge in [0, 0.05) is 44.8 Å². The number of aliphatic hydroxyl groups is 1. The molecule has 9 heteroatoms. The van der Waals surface area contributed by atoms with Crippen LogP contribution in [0, 0.1) is 13.8 Å². The number of hydrogen-bond donors (Lipinski definition) is 1. The lowest BCUT2D eigenvalue weighted by Gasteiger charge is -2.29. The van der Waals surface area contributed by atoms with Crippen LogP contribution in [0.5, 0.6) is 0 Å². The van der Waals surface area contributed by atoms with Crippen LogP contribution in [0.25, 0.3) is 5.76 Å². The Labute approximate surface area is 186 Å². The number of aromatic nitrogens is 3. The number of rotatable bonds is 6. The van der Waals surface area contributed by atoms with E-state index in [1.807, 2.05) is 0 Å². The molecule has 0 aliphatic carbocycles. The maximum atomic E-state index is 13.1. The van der Waals surface area contributed by atoms with E-state index in [1.54, 1.807) is 43.3 Å². The molecule has 1 N–H and O–H groups in total. The quantitative estimate of drug-likeness (QED) is 0.413. The van der Waals surface area contributed by atoms with Crippen molar-refractivity contribution in [2.75, 3.05) is 39.4 Å². The molecule has 32 heavy (non-hydrogen) atoms. The van der Waals surface area contributed by atoms with Gasteiger partial charge >= 0.3 is 0 Å². The van der Waals surface area contributed by atoms with Gasteiger partial charge in [-0.25, -0.2) is 9.97 Å². The maximum Gasteiger partial charge on any atom is 0.295 e. The Hall–Kier alpha value is -3.17. The first kappa shape index (κ1) is 22.0. The van der Waals surface area contributed by atoms with E-state index in [9.17, 15) is 14.7 Å². The molecule has 2 aliphatic heterocycles. The number of likely N-dealkylation sites (tertiary alicyclic amines) is 1. The average Bonchev–Trinajstić information content (AvgIpc) is 3.05. The van der Waals surface area contributed by atoms with Crippen molar-refractivity contribution >= 4 is 17.4 Å². The predicted octanol–water partition coefficient (Wildman–Crippen LogP) is 1.63. The van der Waals surface area contributed by atoms with Crippen molar-refractivity contribution in [3.63, 3.8) is 0 Å². The van der Waals surface area contributed by atoms with Crippen LogP contribution in [0.2, 0.25) is 0 Å². The van der Waals surface area contributed by atoms with Gasteiger partial charge in [-0.2, -0.15) is 0 Å². The van der Waals surface area contributed by atoms with Crippen molar-refractivity contribution in [1.29, 1.82) is 0 Å². The molecule has 1 atom stereocenters. The molecule has 0 aromatic carbocycles. The van der Waals surface area contributed by atoms with E-state index >= 15 is 0 Å². The first-order valence-electron chi connectivity index (χ1n) is 10.8. The summed E-state index contributed by atoms with van der Waals surface area (Å²) in [6.45, 7) is 7.83. The average molecular weight is 438 g/mol. The molecule has 2 aliphatic rings. The van der Waals surface area contributed by atoms with E-state index in [2.05, 4.69) is 19.9 Å². The second-order valence-corrected chi connectivity index (χ2v) is 8.00. The largest absolute Gasteiger partial charge is 0.507 e. The number of carbonyl (C=O) groups is 2. The number of aliphatic hydroxyl groups excluding tert-OH is 1. The Morgan fingerprint density at radius 1 is 1.16 bits per heavy atom. The number of ether oxygens (including phenoxy) is 1. The van der Waals surface area contributed by atoms with E-state index < -0.39 is 17.7 Å². The van der Waals surface area contributed by atoms with Crippen LogP contribution in [0.3, 0.4) is 0 Å². The third-order valence-electron chi connectivity index (χ3n) is 5.89. The fourth-order valence-electron chi connectivity index (χ4n) is 4.25. The summed E-state index contributed by atoms with van der Waals surface area (Å²) in [5.41, 5.74) is 1.67. The number of pyridine rings is 1. The zero-order valence-electron chi connectivity index (χ0n) is 18.3. The Kier molecular flexibility index (Phi) is 6.57. The fraction of sp³-hybridized carbons (Fsp3) is 0.435. The van der Waals surface area contributed by atoms with Gasteiger partial charge in [-0.1, -0.05) is 0 Å². The Balaban J connectivity index is 1.67. The third-order valence-corrected chi connectivity index (χ3v) is 5.89. The first-order chi connectivity index (χ1) is 15.5. The van der Waals surface area contributed by atoms with Gasteiger partial charge in [-0.3, -0.25) is 19.5 Å². The number of nitrogens with zero attached hydrogens (tertiary/aromatic N) is 5. The van der Waals surface area contributed by atoms with Crippen molar-refractivity contribution in [3.8, 4) is 0 Å². The standard InChI is InChI=1S/C23H27N5O4/c1-15-18(14-25-16(2)26-15)21(29)19-20(17-4-6-24-7-5-17)28(23(31)22(19)30)9-3-8-27-10-12-32-13-11-27/h4-7,14,20,29H,3,8-13H2,1-2H3. The molecule has 2 aromatic heterocycles. The highest BCUT2D eigenvalue weighted by atomic mass is 16.5. The van der Waals surface area contributed by atoms with Gasteiger partial charge in [0.2, 0.25) is 0 Å². The summed E-state index contributed by atoms with van der Waals surface area (Å²) in [4.78, 5) is 42.4. The Morgan fingerprint density at radius 2 is 1.88 bits per heavy atom. The zero-order chi connectivity index (χ0) is 22.7. The second kappa shape index (κ2) is 9.54. The minimum atomic E-state index is -0.698. The molecule has 0 bridgehead atoms. The molecular formula is C23H27N5O4. The molecule has 168 valence electrons. The summed E-state index contributed by atoms with van der Waals surface area (Å²) in [6.07, 6.45) is 5.43. The number of ketones is 1. The molecule has 0 radical (unpaired) electrons. The van der Waals surface area contributed by atoms with E-state index in [-0.39, 0.29) is 11.3 Å². The molecule has 4 heterocycles. The van der Waals surface area contributed by atoms with Crippen molar-refractivity contribution < 1.29 is 19.4 Å². The molecule has 0 spiro atoms. The highest BCUT2D eigenvalue weighted by Crippen LogP contribution is 2.39. The Morgan fingerprint density at radius 3 is 2.56 bits per heavy atom. The molecule has 2 fully saturated rings. The van der Waals surface area contributed by atoms with Crippen LogP contribution in [-0.2, 0) is 14.3 Å². The van der Waals surface area contributed by atoms with E-state index in [0.717, 1.165) is 25.2 Å². The SMILES string of the molecule is Cc1ncc(C(O)=C2C(=O)C(=O)N(CCCN3CCOCC3)C2c2ccncc2)c(C)n1. The first-order valence-corrected chi connectivity index (χ1v) is 10.8. The summed E-state index contributed by atoms with van der Waals surface area (Å²) in [5, 5.41) is 11.1. The highest BCUT2D eigenvalue weighted by molar-refractivity contribution is 6.46. The predicted molar refractivity (Wildman–Crippen MR) is 117 cm³/mol. The summed E-state index contributed by atoms with van der Waals surface area (Å²) >= 11 is 0. The minimum absolute atomic E-state index is 0.0584. The van der Waals surface area contributed by atoms with Crippen molar-refractivity contribution in [3.05, 3.63) is 58.9 Å². The Bertz CT molecular complexity index is 1030. The fourth-order valence-corrected chi connectivity index (χ4v) is 4.25. The van der Waals surface area contributed by atoms with E-state index in [1.165, 1.54) is 6.20 Å². The number of aryl methyl sites for hydroxylation is 2. The van der Waals surface area contributed by atoms with Gasteiger partial charge in [0.15, 0.2) is 0 Å². The molecule has 0 saturated carbocycles. The van der Waals surface area contributed by atoms with Crippen molar-refractivity contribution in [2.24, 2.45) is 0 Å². The summed E-state index contributed by atoms with van der Waals surface area (Å²) in [6, 6.07) is 2.83. The van der Waals surface area contributed by atoms with Crippen LogP contribution >= 0.6 is 0 Å². The van der Waals surface area contributed by atoms with Crippen LogP contribution in [0.1, 0.15) is 35.1 Å². The molecule has 2 saturated heterocycles. The lowest BCUT2D eigenvalue weighted by molar-refractivity contribution is -0.140. The monoisotopic (exact) mass is 437 g/mol. The number of amides is 1. The van der Waals surface area contributed by atoms with Crippen LogP contribution < -0.4 is 0 Å². The smallest absolute Gasteiger partial charge is 0.295 e. The lowest BCUT2D eigenvalue weighted by atomic mass is 9.96. The van der Waals surface area contributed by atoms with Crippen LogP contribution in [0.15, 0.2) is 36.3 Å². The zero-order valence-corrected chi connectivity index (χ0v) is 18.3. The summed E-state index contributed by atoms with van der Waals surface area (Å²) in [7, 11) is 0. The van der Waals surface area contributed by atoms with E-state index in [0.29, 0.717) is 43.3 Å². The molecule has 4 rings (SSSR count). The second-order valence-electron chi connectivity index (χ2n) is 8.00. The van der Waals surface area contributed by atoms with Gasteiger partial charge in [0.1, 0.15) is 11.6 Å². The van der Waals surface area contributed by atoms with Gasteiger partial charge in [-0.05, 0) is 38.0 Å². The van der Waals surface area contributed by atoms with Crippen LogP contribution in [-0.4, -0.2) is 80.9 Å². The normalized spacial score (nSPS) is 21.3. The molecule has 1 amide bonds. The number of morpholine rings is 1. The van der Waals surface area contributed by atoms with E-state index in [4.69, 9.17) is 4.74 Å².